The van der Waals surface area contributed by atoms with Crippen LogP contribution in [0.2, 0.25) is 0 Å². The van der Waals surface area contributed by atoms with E-state index < -0.39 is 5.97 Å². The van der Waals surface area contributed by atoms with E-state index >= 15 is 0 Å². The maximum atomic E-state index is 13.9. The van der Waals surface area contributed by atoms with Gasteiger partial charge in [-0.25, -0.2) is 9.78 Å². The average Bonchev–Trinajstić information content (AvgIpc) is 3.49. The van der Waals surface area contributed by atoms with Crippen LogP contribution < -0.4 is 10.9 Å². The van der Waals surface area contributed by atoms with Gasteiger partial charge in [0.2, 0.25) is 5.76 Å². The first-order chi connectivity index (χ1) is 19.1. The van der Waals surface area contributed by atoms with E-state index in [-0.39, 0.29) is 30.5 Å². The van der Waals surface area contributed by atoms with Crippen molar-refractivity contribution in [2.24, 2.45) is 0 Å². The molecular weight excluding hydrogens is 492 g/mol. The predicted octanol–water partition coefficient (Wildman–Crippen LogP) is 6.06. The molecule has 1 unspecified atom stereocenters. The third kappa shape index (κ3) is 5.36. The number of fused-ring (bicyclic) bond motifs is 3. The van der Waals surface area contributed by atoms with Crippen LogP contribution in [-0.2, 0) is 11.3 Å². The fraction of sp³-hybridized carbons (Fsp3) is 0.581. The number of piperidine rings is 1. The fourth-order valence-electron chi connectivity index (χ4n) is 7.31. The number of aromatic nitrogens is 2. The van der Waals surface area contributed by atoms with Gasteiger partial charge in [-0.15, -0.1) is 0 Å². The SMILES string of the molecule is CCOC(=O)c1ccc(CNc2nc3ccccc3n([C@H]3CC4CC[C@@H](C3)N4C3CCCCCCC3)c2=O)o1. The van der Waals surface area contributed by atoms with Crippen molar-refractivity contribution in [1.29, 1.82) is 0 Å². The quantitative estimate of drug-likeness (QED) is 0.370. The number of para-hydroxylation sites is 2. The van der Waals surface area contributed by atoms with Crippen LogP contribution in [0.4, 0.5) is 5.82 Å². The van der Waals surface area contributed by atoms with Crippen LogP contribution in [0.1, 0.15) is 99.9 Å². The third-order valence-electron chi connectivity index (χ3n) is 8.99. The molecule has 1 N–H and O–H groups in total. The Labute approximate surface area is 229 Å². The second-order valence-electron chi connectivity index (χ2n) is 11.4. The molecule has 0 spiro atoms. The van der Waals surface area contributed by atoms with E-state index in [9.17, 15) is 9.59 Å². The molecular formula is C31H40N4O4. The molecule has 3 aliphatic rings. The normalized spacial score (nSPS) is 24.4. The summed E-state index contributed by atoms with van der Waals surface area (Å²) in [5.74, 6) is 0.529. The highest BCUT2D eigenvalue weighted by molar-refractivity contribution is 5.86. The van der Waals surface area contributed by atoms with E-state index in [0.29, 0.717) is 29.7 Å². The minimum Gasteiger partial charge on any atom is -0.460 e. The highest BCUT2D eigenvalue weighted by Crippen LogP contribution is 2.44. The number of anilines is 1. The summed E-state index contributed by atoms with van der Waals surface area (Å²) < 4.78 is 12.7. The molecule has 2 saturated heterocycles. The Morgan fingerprint density at radius 1 is 0.949 bits per heavy atom. The number of nitrogens with zero attached hydrogens (tertiary/aromatic N) is 3. The first-order valence-electron chi connectivity index (χ1n) is 14.9. The Morgan fingerprint density at radius 2 is 1.67 bits per heavy atom. The van der Waals surface area contributed by atoms with Crippen LogP contribution in [0, 0.1) is 0 Å². The summed E-state index contributed by atoms with van der Waals surface area (Å²) in [5.41, 5.74) is 1.62. The zero-order chi connectivity index (χ0) is 26.8. The molecule has 1 aliphatic carbocycles. The van der Waals surface area contributed by atoms with Crippen molar-refractivity contribution in [3.8, 4) is 0 Å². The van der Waals surface area contributed by atoms with Crippen molar-refractivity contribution < 1.29 is 13.9 Å². The van der Waals surface area contributed by atoms with E-state index in [0.717, 1.165) is 23.9 Å². The van der Waals surface area contributed by atoms with Gasteiger partial charge >= 0.3 is 5.97 Å². The summed E-state index contributed by atoms with van der Waals surface area (Å²) in [5, 5.41) is 3.20. The van der Waals surface area contributed by atoms with Crippen molar-refractivity contribution in [1.82, 2.24) is 14.5 Å². The number of hydrogen-bond acceptors (Lipinski definition) is 7. The molecule has 0 amide bonds. The van der Waals surface area contributed by atoms with Gasteiger partial charge in [0, 0.05) is 24.2 Å². The van der Waals surface area contributed by atoms with Crippen LogP contribution >= 0.6 is 0 Å². The summed E-state index contributed by atoms with van der Waals surface area (Å²) in [7, 11) is 0. The number of esters is 1. The second kappa shape index (κ2) is 11.5. The lowest BCUT2D eigenvalue weighted by molar-refractivity contribution is 0.0487. The van der Waals surface area contributed by atoms with Gasteiger partial charge in [-0.2, -0.15) is 0 Å². The summed E-state index contributed by atoms with van der Waals surface area (Å²) in [6, 6.07) is 13.2. The van der Waals surface area contributed by atoms with E-state index in [1.165, 1.54) is 57.8 Å². The molecule has 6 rings (SSSR count). The largest absolute Gasteiger partial charge is 0.460 e. The monoisotopic (exact) mass is 532 g/mol. The fourth-order valence-corrected chi connectivity index (χ4v) is 7.31. The highest BCUT2D eigenvalue weighted by atomic mass is 16.5. The first kappa shape index (κ1) is 26.1. The van der Waals surface area contributed by atoms with E-state index in [4.69, 9.17) is 9.15 Å². The molecule has 2 aromatic heterocycles. The summed E-state index contributed by atoms with van der Waals surface area (Å²) >= 11 is 0. The topological polar surface area (TPSA) is 89.6 Å². The average molecular weight is 533 g/mol. The number of benzene rings is 1. The maximum absolute atomic E-state index is 13.9. The zero-order valence-corrected chi connectivity index (χ0v) is 22.9. The van der Waals surface area contributed by atoms with Gasteiger partial charge in [-0.05, 0) is 69.7 Å². The number of furan rings is 1. The lowest BCUT2D eigenvalue weighted by Gasteiger charge is -2.45. The van der Waals surface area contributed by atoms with Crippen LogP contribution in [0.25, 0.3) is 11.0 Å². The molecule has 208 valence electrons. The van der Waals surface area contributed by atoms with Crippen LogP contribution in [0.5, 0.6) is 0 Å². The third-order valence-corrected chi connectivity index (χ3v) is 8.99. The molecule has 2 aliphatic heterocycles. The Bertz CT molecular complexity index is 1340. The molecule has 3 aromatic rings. The van der Waals surface area contributed by atoms with Crippen molar-refractivity contribution in [3.05, 3.63) is 58.3 Å². The molecule has 8 nitrogen and oxygen atoms in total. The van der Waals surface area contributed by atoms with Crippen molar-refractivity contribution in [3.63, 3.8) is 0 Å². The van der Waals surface area contributed by atoms with Gasteiger partial charge in [0.15, 0.2) is 5.82 Å². The van der Waals surface area contributed by atoms with Gasteiger partial charge < -0.3 is 19.0 Å². The van der Waals surface area contributed by atoms with Crippen molar-refractivity contribution in [2.45, 2.75) is 108 Å². The summed E-state index contributed by atoms with van der Waals surface area (Å²) in [4.78, 5) is 33.4. The van der Waals surface area contributed by atoms with E-state index in [1.54, 1.807) is 19.1 Å². The molecule has 3 fully saturated rings. The van der Waals surface area contributed by atoms with Gasteiger partial charge in [0.25, 0.3) is 5.56 Å². The van der Waals surface area contributed by atoms with Crippen LogP contribution in [0.15, 0.2) is 45.6 Å². The minimum atomic E-state index is -0.490. The second-order valence-corrected chi connectivity index (χ2v) is 11.4. The van der Waals surface area contributed by atoms with Gasteiger partial charge in [-0.1, -0.05) is 44.2 Å². The van der Waals surface area contributed by atoms with Crippen molar-refractivity contribution in [2.75, 3.05) is 11.9 Å². The molecule has 4 heterocycles. The molecule has 1 saturated carbocycles. The molecule has 0 radical (unpaired) electrons. The lowest BCUT2D eigenvalue weighted by Crippen LogP contribution is -2.50. The predicted molar refractivity (Wildman–Crippen MR) is 151 cm³/mol. The van der Waals surface area contributed by atoms with Crippen LogP contribution in [-0.4, -0.2) is 45.2 Å². The number of carbonyl (C=O) groups is 1. The van der Waals surface area contributed by atoms with Gasteiger partial charge in [0.1, 0.15) is 5.76 Å². The summed E-state index contributed by atoms with van der Waals surface area (Å²) in [6.45, 7) is 2.30. The number of nitrogens with one attached hydrogen (secondary N) is 1. The molecule has 2 bridgehead atoms. The Morgan fingerprint density at radius 3 is 2.41 bits per heavy atom. The molecule has 39 heavy (non-hydrogen) atoms. The van der Waals surface area contributed by atoms with Gasteiger partial charge in [0.05, 0.1) is 24.2 Å². The minimum absolute atomic E-state index is 0.0883. The van der Waals surface area contributed by atoms with Crippen LogP contribution in [0.3, 0.4) is 0 Å². The molecule has 1 aromatic carbocycles. The van der Waals surface area contributed by atoms with Gasteiger partial charge in [-0.3, -0.25) is 9.69 Å². The zero-order valence-electron chi connectivity index (χ0n) is 22.9. The Kier molecular flexibility index (Phi) is 7.73. The number of rotatable bonds is 7. The number of ether oxygens (including phenoxy) is 1. The molecule has 8 heteroatoms. The standard InChI is InChI=1S/C31H40N4O4/c1-2-38-31(37)28-17-16-25(39-28)20-32-29-30(36)35(27-13-9-8-12-26(27)33-29)24-18-22-14-15-23(19-24)34(22)21-10-6-4-3-5-7-11-21/h8-9,12-13,16-17,21-24H,2-7,10-11,14-15,18-20H2,1H3,(H,32,33)/t22-,23?,24+/m0/s1. The van der Waals surface area contributed by atoms with Crippen molar-refractivity contribution >= 4 is 22.8 Å². The summed E-state index contributed by atoms with van der Waals surface area (Å²) in [6.07, 6.45) is 14.0. The number of carbonyl (C=O) groups excluding carboxylic acids is 1. The lowest BCUT2D eigenvalue weighted by atomic mass is 9.89. The highest BCUT2D eigenvalue weighted by Gasteiger charge is 2.44. The number of hydrogen-bond donors (Lipinski definition) is 1. The maximum Gasteiger partial charge on any atom is 0.374 e. The molecule has 3 atom stereocenters. The first-order valence-corrected chi connectivity index (χ1v) is 14.9. The smallest absolute Gasteiger partial charge is 0.374 e. The Balaban J connectivity index is 1.24. The Hall–Kier alpha value is -3.13. The van der Waals surface area contributed by atoms with E-state index in [1.807, 2.05) is 28.8 Å². The van der Waals surface area contributed by atoms with E-state index in [2.05, 4.69) is 15.2 Å².